The van der Waals surface area contributed by atoms with Crippen molar-refractivity contribution in [3.8, 4) is 12.1 Å². The average molecular weight is 541 g/mol. The van der Waals surface area contributed by atoms with Gasteiger partial charge in [-0.3, -0.25) is 4.90 Å². The standard InChI is InChI=1S/C32H40N6O2/c1-32(2)22-40-25(19-36(32)3)21-39-31-34-28-20-37(29-12-6-10-24-9-4-5-11-26(24)29)17-14-27(28)30(35-31)38-16-7-8-23(18-38)13-15-33/h4-6,9-12,23,25H,7-8,13-14,16-22H2,1-3H3/t23-,25+/m0/s1. The number of hydrogen-bond donors (Lipinski definition) is 0. The fourth-order valence-corrected chi connectivity index (χ4v) is 6.26. The fraction of sp³-hybridized carbons (Fsp3) is 0.531. The molecule has 0 N–H and O–H groups in total. The second kappa shape index (κ2) is 11.2. The van der Waals surface area contributed by atoms with Crippen LogP contribution >= 0.6 is 0 Å². The van der Waals surface area contributed by atoms with Crippen LogP contribution in [0.15, 0.2) is 42.5 Å². The predicted molar refractivity (Wildman–Crippen MR) is 158 cm³/mol. The molecule has 3 aliphatic rings. The number of ether oxygens (including phenoxy) is 2. The summed E-state index contributed by atoms with van der Waals surface area (Å²) < 4.78 is 12.4. The van der Waals surface area contributed by atoms with E-state index in [4.69, 9.17) is 19.4 Å². The van der Waals surface area contributed by atoms with Gasteiger partial charge in [-0.15, -0.1) is 0 Å². The van der Waals surface area contributed by atoms with Crippen LogP contribution in [0.25, 0.3) is 10.8 Å². The number of rotatable bonds is 6. The summed E-state index contributed by atoms with van der Waals surface area (Å²) in [4.78, 5) is 17.1. The molecule has 0 amide bonds. The predicted octanol–water partition coefficient (Wildman–Crippen LogP) is 4.81. The summed E-state index contributed by atoms with van der Waals surface area (Å²) in [6, 6.07) is 17.9. The number of morpholine rings is 1. The van der Waals surface area contributed by atoms with Crippen LogP contribution in [0, 0.1) is 17.2 Å². The normalized spacial score (nSPS) is 23.1. The van der Waals surface area contributed by atoms with Gasteiger partial charge in [0.05, 0.1) is 24.9 Å². The van der Waals surface area contributed by atoms with Gasteiger partial charge >= 0.3 is 6.01 Å². The largest absolute Gasteiger partial charge is 0.461 e. The molecule has 1 aromatic heterocycles. The van der Waals surface area contributed by atoms with Crippen LogP contribution in [0.2, 0.25) is 0 Å². The van der Waals surface area contributed by atoms with Gasteiger partial charge in [0, 0.05) is 54.8 Å². The van der Waals surface area contributed by atoms with E-state index < -0.39 is 0 Å². The number of anilines is 2. The van der Waals surface area contributed by atoms with E-state index >= 15 is 0 Å². The first-order valence-corrected chi connectivity index (χ1v) is 14.6. The molecule has 2 saturated heterocycles. The molecule has 2 atom stereocenters. The lowest BCUT2D eigenvalue weighted by Crippen LogP contribution is -2.55. The first kappa shape index (κ1) is 26.8. The van der Waals surface area contributed by atoms with Gasteiger partial charge in [0.25, 0.3) is 0 Å². The van der Waals surface area contributed by atoms with E-state index in [0.29, 0.717) is 38.1 Å². The van der Waals surface area contributed by atoms with Crippen molar-refractivity contribution in [1.29, 1.82) is 5.26 Å². The first-order valence-electron chi connectivity index (χ1n) is 14.6. The molecule has 0 saturated carbocycles. The van der Waals surface area contributed by atoms with Crippen molar-refractivity contribution < 1.29 is 9.47 Å². The number of nitrogens with zero attached hydrogens (tertiary/aromatic N) is 6. The summed E-state index contributed by atoms with van der Waals surface area (Å²) in [6.45, 7) is 9.71. The highest BCUT2D eigenvalue weighted by Crippen LogP contribution is 2.35. The number of fused-ring (bicyclic) bond motifs is 2. The molecule has 0 unspecified atom stereocenters. The summed E-state index contributed by atoms with van der Waals surface area (Å²) in [5.41, 5.74) is 3.51. The van der Waals surface area contributed by atoms with E-state index in [1.165, 1.54) is 22.0 Å². The molecule has 210 valence electrons. The van der Waals surface area contributed by atoms with Crippen molar-refractivity contribution in [2.24, 2.45) is 5.92 Å². The Hall–Kier alpha value is -3.41. The quantitative estimate of drug-likeness (QED) is 0.441. The Balaban J connectivity index is 1.29. The van der Waals surface area contributed by atoms with E-state index in [1.54, 1.807) is 0 Å². The molecule has 8 heteroatoms. The molecule has 0 bridgehead atoms. The minimum atomic E-state index is -0.0247. The zero-order valence-electron chi connectivity index (χ0n) is 24.0. The molecular weight excluding hydrogens is 500 g/mol. The van der Waals surface area contributed by atoms with E-state index in [0.717, 1.165) is 57.0 Å². The minimum Gasteiger partial charge on any atom is -0.461 e. The Kier molecular flexibility index (Phi) is 7.52. The Morgan fingerprint density at radius 1 is 1.07 bits per heavy atom. The van der Waals surface area contributed by atoms with Gasteiger partial charge in [-0.2, -0.15) is 15.2 Å². The van der Waals surface area contributed by atoms with Gasteiger partial charge in [-0.1, -0.05) is 36.4 Å². The van der Waals surface area contributed by atoms with E-state index in [1.807, 2.05) is 0 Å². The monoisotopic (exact) mass is 540 g/mol. The number of nitriles is 1. The van der Waals surface area contributed by atoms with Crippen LogP contribution in [-0.2, 0) is 17.7 Å². The molecule has 3 aromatic rings. The lowest BCUT2D eigenvalue weighted by molar-refractivity contribution is -0.101. The van der Waals surface area contributed by atoms with Gasteiger partial charge in [-0.25, -0.2) is 0 Å². The van der Waals surface area contributed by atoms with Crippen molar-refractivity contribution in [3.05, 3.63) is 53.7 Å². The summed E-state index contributed by atoms with van der Waals surface area (Å²) in [6.07, 6.45) is 3.60. The van der Waals surface area contributed by atoms with Crippen LogP contribution in [0.1, 0.15) is 44.4 Å². The summed E-state index contributed by atoms with van der Waals surface area (Å²) in [5.74, 6) is 1.36. The van der Waals surface area contributed by atoms with Crippen molar-refractivity contribution >= 4 is 22.3 Å². The maximum atomic E-state index is 9.33. The van der Waals surface area contributed by atoms with E-state index in [2.05, 4.69) is 84.1 Å². The van der Waals surface area contributed by atoms with Gasteiger partial charge in [0.2, 0.25) is 0 Å². The number of benzene rings is 2. The number of hydrogen-bond acceptors (Lipinski definition) is 8. The maximum Gasteiger partial charge on any atom is 0.318 e. The van der Waals surface area contributed by atoms with Crippen LogP contribution < -0.4 is 14.5 Å². The van der Waals surface area contributed by atoms with Crippen LogP contribution in [0.4, 0.5) is 11.5 Å². The van der Waals surface area contributed by atoms with Crippen LogP contribution in [-0.4, -0.2) is 73.0 Å². The lowest BCUT2D eigenvalue weighted by Gasteiger charge is -2.43. The molecule has 40 heavy (non-hydrogen) atoms. The summed E-state index contributed by atoms with van der Waals surface area (Å²) in [5, 5.41) is 11.8. The van der Waals surface area contributed by atoms with Crippen molar-refractivity contribution in [2.75, 3.05) is 56.2 Å². The van der Waals surface area contributed by atoms with E-state index in [9.17, 15) is 5.26 Å². The SMILES string of the molecule is CN1C[C@H](COc2nc3c(c(N4CCC[C@@H](CC#N)C4)n2)CCN(c2cccc4ccccc24)C3)OCC1(C)C. The molecule has 8 nitrogen and oxygen atoms in total. The van der Waals surface area contributed by atoms with Gasteiger partial charge in [0.15, 0.2) is 0 Å². The summed E-state index contributed by atoms with van der Waals surface area (Å²) in [7, 11) is 2.14. The van der Waals surface area contributed by atoms with Crippen LogP contribution in [0.5, 0.6) is 6.01 Å². The Morgan fingerprint density at radius 3 is 2.77 bits per heavy atom. The fourth-order valence-electron chi connectivity index (χ4n) is 6.26. The molecule has 0 radical (unpaired) electrons. The van der Waals surface area contributed by atoms with E-state index in [-0.39, 0.29) is 11.6 Å². The molecule has 3 aliphatic heterocycles. The topological polar surface area (TPSA) is 77.8 Å². The molecule has 4 heterocycles. The second-order valence-corrected chi connectivity index (χ2v) is 12.2. The molecule has 6 rings (SSSR count). The second-order valence-electron chi connectivity index (χ2n) is 12.2. The van der Waals surface area contributed by atoms with Gasteiger partial charge < -0.3 is 19.3 Å². The van der Waals surface area contributed by atoms with Crippen LogP contribution in [0.3, 0.4) is 0 Å². The maximum absolute atomic E-state index is 9.33. The Bertz CT molecular complexity index is 1400. The third kappa shape index (κ3) is 5.45. The highest BCUT2D eigenvalue weighted by molar-refractivity contribution is 5.94. The third-order valence-electron chi connectivity index (χ3n) is 8.91. The average Bonchev–Trinajstić information content (AvgIpc) is 2.97. The highest BCUT2D eigenvalue weighted by Gasteiger charge is 2.33. The highest BCUT2D eigenvalue weighted by atomic mass is 16.5. The van der Waals surface area contributed by atoms with Gasteiger partial charge in [0.1, 0.15) is 18.5 Å². The van der Waals surface area contributed by atoms with Crippen molar-refractivity contribution in [3.63, 3.8) is 0 Å². The number of likely N-dealkylation sites (N-methyl/N-ethyl adjacent to an activating group) is 1. The number of piperidine rings is 1. The first-order chi connectivity index (χ1) is 19.4. The molecular formula is C32H40N6O2. The molecule has 0 spiro atoms. The molecule has 2 fully saturated rings. The van der Waals surface area contributed by atoms with Gasteiger partial charge in [-0.05, 0) is 57.5 Å². The zero-order chi connectivity index (χ0) is 27.7. The third-order valence-corrected chi connectivity index (χ3v) is 8.91. The lowest BCUT2D eigenvalue weighted by atomic mass is 9.94. The molecule has 2 aromatic carbocycles. The minimum absolute atomic E-state index is 0.0191. The Labute approximate surface area is 237 Å². The summed E-state index contributed by atoms with van der Waals surface area (Å²) >= 11 is 0. The zero-order valence-corrected chi connectivity index (χ0v) is 24.0. The number of aromatic nitrogens is 2. The Morgan fingerprint density at radius 2 is 1.93 bits per heavy atom. The van der Waals surface area contributed by atoms with Crippen molar-refractivity contribution in [1.82, 2.24) is 14.9 Å². The van der Waals surface area contributed by atoms with Crippen molar-refractivity contribution in [2.45, 2.75) is 57.7 Å². The molecule has 0 aliphatic carbocycles. The smallest absolute Gasteiger partial charge is 0.318 e.